The van der Waals surface area contributed by atoms with Crippen molar-refractivity contribution in [2.75, 3.05) is 0 Å². The second-order valence-corrected chi connectivity index (χ2v) is 16.4. The van der Waals surface area contributed by atoms with Gasteiger partial charge in [-0.1, -0.05) is 0 Å². The summed E-state index contributed by atoms with van der Waals surface area (Å²) in [7, 11) is 0. The van der Waals surface area contributed by atoms with E-state index in [1.807, 2.05) is 85.8 Å². The number of hydrogen-bond donors (Lipinski definition) is 0. The molecular weight excluding hydrogens is 463 g/mol. The molecule has 0 bridgehead atoms. The Labute approximate surface area is 176 Å². The maximum absolute atomic E-state index is 13.3. The van der Waals surface area contributed by atoms with E-state index in [0.29, 0.717) is 5.56 Å². The molecule has 0 spiro atoms. The van der Waals surface area contributed by atoms with E-state index in [2.05, 4.69) is 36.4 Å². The summed E-state index contributed by atoms with van der Waals surface area (Å²) in [6.07, 6.45) is 0. The molecule has 0 atom stereocenters. The molecule has 0 saturated heterocycles. The summed E-state index contributed by atoms with van der Waals surface area (Å²) in [5.41, 5.74) is 1.70. The van der Waals surface area contributed by atoms with Crippen LogP contribution in [0, 0.1) is 6.92 Å². The maximum atomic E-state index is 13.3. The van der Waals surface area contributed by atoms with Crippen molar-refractivity contribution < 1.29 is 7.87 Å². The van der Waals surface area contributed by atoms with Crippen molar-refractivity contribution >= 4 is 35.5 Å². The molecule has 0 aliphatic heterocycles. The second kappa shape index (κ2) is 8.66. The zero-order valence-electron chi connectivity index (χ0n) is 16.3. The Balaban J connectivity index is 1.92. The van der Waals surface area contributed by atoms with Gasteiger partial charge in [0.25, 0.3) is 0 Å². The van der Waals surface area contributed by atoms with Crippen LogP contribution in [0.2, 0.25) is 0 Å². The molecule has 3 heteroatoms. The third-order valence-corrected chi connectivity index (χ3v) is 16.3. The fourth-order valence-electron chi connectivity index (χ4n) is 3.58. The number of benzene rings is 4. The van der Waals surface area contributed by atoms with Gasteiger partial charge < -0.3 is 0 Å². The summed E-state index contributed by atoms with van der Waals surface area (Å²) in [4.78, 5) is 13.3. The first kappa shape index (κ1) is 19.5. The Hall–Kier alpha value is -2.85. The number of carbonyl (C=O) groups is 1. The van der Waals surface area contributed by atoms with Gasteiger partial charge in [0.15, 0.2) is 0 Å². The molecule has 0 unspecified atom stereocenters. The Kier molecular flexibility index (Phi) is 5.81. The van der Waals surface area contributed by atoms with Crippen molar-refractivity contribution in [3.63, 3.8) is 0 Å². The summed E-state index contributed by atoms with van der Waals surface area (Å²) < 4.78 is 9.93. The molecule has 4 aromatic rings. The van der Waals surface area contributed by atoms with Gasteiger partial charge in [0.05, 0.1) is 0 Å². The van der Waals surface area contributed by atoms with Gasteiger partial charge in [-0.05, 0) is 0 Å². The summed E-state index contributed by atoms with van der Waals surface area (Å²) >= 11 is -4.05. The SMILES string of the molecule is Cc1ccc(C(=O)[O][Sn]([c]2ccccc2)([c]2ccccc2)[c]2ccccc2)cc1. The van der Waals surface area contributed by atoms with Crippen LogP contribution in [0.3, 0.4) is 0 Å². The van der Waals surface area contributed by atoms with Crippen molar-refractivity contribution in [2.45, 2.75) is 6.92 Å². The molecule has 0 fully saturated rings. The molecule has 0 radical (unpaired) electrons. The molecule has 142 valence electrons. The predicted octanol–water partition coefficient (Wildman–Crippen LogP) is 3.82. The summed E-state index contributed by atoms with van der Waals surface area (Å²) in [5.74, 6) is -0.266. The van der Waals surface area contributed by atoms with Crippen LogP contribution in [0.5, 0.6) is 0 Å². The Morgan fingerprint density at radius 2 is 0.966 bits per heavy atom. The van der Waals surface area contributed by atoms with Crippen LogP contribution in [0.15, 0.2) is 115 Å². The van der Waals surface area contributed by atoms with Gasteiger partial charge in [-0.3, -0.25) is 0 Å². The van der Waals surface area contributed by atoms with Gasteiger partial charge in [-0.15, -0.1) is 0 Å². The zero-order chi connectivity index (χ0) is 20.1. The van der Waals surface area contributed by atoms with Crippen LogP contribution in [0.1, 0.15) is 15.9 Å². The number of rotatable bonds is 5. The van der Waals surface area contributed by atoms with E-state index in [0.717, 1.165) is 16.3 Å². The molecule has 0 saturated carbocycles. The summed E-state index contributed by atoms with van der Waals surface area (Å²) in [6.45, 7) is 2.01. The van der Waals surface area contributed by atoms with E-state index in [1.54, 1.807) is 0 Å². The third kappa shape index (κ3) is 3.99. The average molecular weight is 485 g/mol. The number of aryl methyl sites for hydroxylation is 1. The molecule has 0 amide bonds. The molecule has 2 nitrogen and oxygen atoms in total. The van der Waals surface area contributed by atoms with Gasteiger partial charge in [0.1, 0.15) is 0 Å². The van der Waals surface area contributed by atoms with E-state index in [-0.39, 0.29) is 5.97 Å². The fraction of sp³-hybridized carbons (Fsp3) is 0.0385. The Morgan fingerprint density at radius 1 is 0.586 bits per heavy atom. The molecular formula is C26H22O2Sn. The summed E-state index contributed by atoms with van der Waals surface area (Å²) in [6, 6.07) is 38.3. The standard InChI is InChI=1S/C8H8O2.3C6H5.Sn/c1-6-2-4-7(5-3-6)8(9)10;3*1-2-4-6-5-3-1;/h2-5H,1H3,(H,9,10);3*1-5H;/q;;;;+1/p-1. The summed E-state index contributed by atoms with van der Waals surface area (Å²) in [5, 5.41) is 0. The molecule has 4 aromatic carbocycles. The van der Waals surface area contributed by atoms with Crippen molar-refractivity contribution in [1.29, 1.82) is 0 Å². The molecule has 4 rings (SSSR count). The first-order chi connectivity index (χ1) is 14.2. The van der Waals surface area contributed by atoms with E-state index in [4.69, 9.17) is 3.07 Å². The van der Waals surface area contributed by atoms with Crippen molar-refractivity contribution in [3.05, 3.63) is 126 Å². The van der Waals surface area contributed by atoms with Gasteiger partial charge in [0, 0.05) is 0 Å². The van der Waals surface area contributed by atoms with Crippen molar-refractivity contribution in [1.82, 2.24) is 0 Å². The topological polar surface area (TPSA) is 26.3 Å². The normalized spacial score (nSPS) is 11.1. The van der Waals surface area contributed by atoms with Crippen LogP contribution in [-0.2, 0) is 3.07 Å². The van der Waals surface area contributed by atoms with Crippen LogP contribution in [0.4, 0.5) is 0 Å². The second-order valence-electron chi connectivity index (χ2n) is 7.03. The van der Waals surface area contributed by atoms with E-state index >= 15 is 0 Å². The average Bonchev–Trinajstić information content (AvgIpc) is 2.79. The minimum absolute atomic E-state index is 0.266. The molecule has 0 N–H and O–H groups in total. The van der Waals surface area contributed by atoms with Crippen LogP contribution < -0.4 is 10.7 Å². The van der Waals surface area contributed by atoms with E-state index in [9.17, 15) is 4.79 Å². The van der Waals surface area contributed by atoms with Gasteiger partial charge in [-0.25, -0.2) is 0 Å². The van der Waals surface area contributed by atoms with Gasteiger partial charge >= 0.3 is 177 Å². The Bertz CT molecular complexity index is 979. The van der Waals surface area contributed by atoms with E-state index in [1.165, 1.54) is 0 Å². The predicted molar refractivity (Wildman–Crippen MR) is 121 cm³/mol. The fourth-order valence-corrected chi connectivity index (χ4v) is 14.2. The zero-order valence-corrected chi connectivity index (χ0v) is 19.1. The third-order valence-electron chi connectivity index (χ3n) is 5.07. The van der Waals surface area contributed by atoms with Crippen LogP contribution in [0.25, 0.3) is 0 Å². The monoisotopic (exact) mass is 486 g/mol. The quantitative estimate of drug-likeness (QED) is 0.402. The van der Waals surface area contributed by atoms with Gasteiger partial charge in [0.2, 0.25) is 0 Å². The molecule has 0 aliphatic carbocycles. The molecule has 29 heavy (non-hydrogen) atoms. The van der Waals surface area contributed by atoms with E-state index < -0.39 is 18.8 Å². The molecule has 0 heterocycles. The Morgan fingerprint density at radius 3 is 1.34 bits per heavy atom. The van der Waals surface area contributed by atoms with Crippen molar-refractivity contribution in [2.24, 2.45) is 0 Å². The first-order valence-electron chi connectivity index (χ1n) is 9.67. The van der Waals surface area contributed by atoms with Crippen LogP contribution in [-0.4, -0.2) is 24.8 Å². The van der Waals surface area contributed by atoms with Crippen molar-refractivity contribution in [3.8, 4) is 0 Å². The first-order valence-corrected chi connectivity index (χ1v) is 15.1. The van der Waals surface area contributed by atoms with Gasteiger partial charge in [-0.2, -0.15) is 0 Å². The molecule has 0 aliphatic rings. The van der Waals surface area contributed by atoms with Crippen LogP contribution >= 0.6 is 0 Å². The minimum atomic E-state index is -4.05. The number of hydrogen-bond acceptors (Lipinski definition) is 2. The number of carbonyl (C=O) groups excluding carboxylic acids is 1. The molecule has 0 aromatic heterocycles.